The molecule has 176 valence electrons. The molecule has 0 amide bonds. The molecule has 3 N–H and O–H groups in total. The standard InChI is InChI=1S/C24H28N8O2/c1-16(33)14-31(2)20-8-3-17(13-25-20)21-22-23(27-15-26-22)30-24(29-21)28-18-4-6-19(7-5-18)32-9-11-34-12-10-32/h3-8,13,15-16,33H,9-12,14H2,1-2H3,(H2,26,27,28,29,30). The normalized spacial score (nSPS) is 14.9. The molecule has 34 heavy (non-hydrogen) atoms. The minimum absolute atomic E-state index is 0.436. The molecule has 1 aliphatic heterocycles. The Morgan fingerprint density at radius 1 is 1.12 bits per heavy atom. The van der Waals surface area contributed by atoms with Crippen LogP contribution in [0.1, 0.15) is 6.92 Å². The van der Waals surface area contributed by atoms with E-state index in [1.165, 1.54) is 5.69 Å². The number of aliphatic hydroxyl groups is 1. The van der Waals surface area contributed by atoms with Crippen LogP contribution in [0.3, 0.4) is 0 Å². The van der Waals surface area contributed by atoms with E-state index in [0.29, 0.717) is 23.8 Å². The number of anilines is 4. The summed E-state index contributed by atoms with van der Waals surface area (Å²) < 4.78 is 5.44. The number of aliphatic hydroxyl groups excluding tert-OH is 1. The monoisotopic (exact) mass is 460 g/mol. The lowest BCUT2D eigenvalue weighted by atomic mass is 10.2. The molecule has 1 aliphatic rings. The number of H-pyrrole nitrogens is 1. The van der Waals surface area contributed by atoms with Crippen LogP contribution in [0, 0.1) is 0 Å². The highest BCUT2D eigenvalue weighted by molar-refractivity contribution is 5.88. The molecule has 0 aliphatic carbocycles. The zero-order valence-electron chi connectivity index (χ0n) is 19.3. The Hall–Kier alpha value is -3.76. The van der Waals surface area contributed by atoms with Crippen molar-refractivity contribution in [1.29, 1.82) is 0 Å². The molecule has 1 aromatic carbocycles. The predicted octanol–water partition coefficient (Wildman–Crippen LogP) is 2.81. The van der Waals surface area contributed by atoms with E-state index < -0.39 is 6.10 Å². The topological polar surface area (TPSA) is 115 Å². The first-order valence-electron chi connectivity index (χ1n) is 11.3. The van der Waals surface area contributed by atoms with E-state index in [0.717, 1.165) is 48.9 Å². The maximum atomic E-state index is 9.63. The minimum atomic E-state index is -0.436. The SMILES string of the molecule is CC(O)CN(C)c1ccc(-c2nc(Nc3ccc(N4CCOCC4)cc3)nc3nc[nH]c23)cn1. The fourth-order valence-electron chi connectivity index (χ4n) is 4.05. The van der Waals surface area contributed by atoms with Gasteiger partial charge in [-0.15, -0.1) is 0 Å². The van der Waals surface area contributed by atoms with Gasteiger partial charge >= 0.3 is 0 Å². The highest BCUT2D eigenvalue weighted by Gasteiger charge is 2.15. The van der Waals surface area contributed by atoms with Crippen molar-refractivity contribution in [3.8, 4) is 11.3 Å². The Morgan fingerprint density at radius 3 is 2.62 bits per heavy atom. The molecule has 0 bridgehead atoms. The molecule has 1 saturated heterocycles. The van der Waals surface area contributed by atoms with Crippen LogP contribution in [0.15, 0.2) is 48.9 Å². The third-order valence-corrected chi connectivity index (χ3v) is 5.74. The first-order chi connectivity index (χ1) is 16.6. The molecular formula is C24H28N8O2. The first kappa shape index (κ1) is 22.1. The second-order valence-corrected chi connectivity index (χ2v) is 8.40. The zero-order chi connectivity index (χ0) is 23.5. The number of pyridine rings is 1. The number of imidazole rings is 1. The quantitative estimate of drug-likeness (QED) is 0.383. The average Bonchev–Trinajstić information content (AvgIpc) is 3.33. The summed E-state index contributed by atoms with van der Waals surface area (Å²) in [6, 6.07) is 12.1. The van der Waals surface area contributed by atoms with Gasteiger partial charge in [-0.1, -0.05) is 0 Å². The highest BCUT2D eigenvalue weighted by atomic mass is 16.5. The van der Waals surface area contributed by atoms with Crippen molar-refractivity contribution in [1.82, 2.24) is 24.9 Å². The number of ether oxygens (including phenoxy) is 1. The van der Waals surface area contributed by atoms with Gasteiger partial charge in [0, 0.05) is 49.8 Å². The number of rotatable bonds is 7. The van der Waals surface area contributed by atoms with Gasteiger partial charge in [0.15, 0.2) is 5.65 Å². The first-order valence-corrected chi connectivity index (χ1v) is 11.3. The largest absolute Gasteiger partial charge is 0.392 e. The second-order valence-electron chi connectivity index (χ2n) is 8.40. The molecule has 4 aromatic rings. The number of hydrogen-bond acceptors (Lipinski definition) is 9. The summed E-state index contributed by atoms with van der Waals surface area (Å²) >= 11 is 0. The Kier molecular flexibility index (Phi) is 6.24. The summed E-state index contributed by atoms with van der Waals surface area (Å²) in [7, 11) is 1.90. The lowest BCUT2D eigenvalue weighted by Gasteiger charge is -2.28. The van der Waals surface area contributed by atoms with Crippen LogP contribution in [0.5, 0.6) is 0 Å². The maximum Gasteiger partial charge on any atom is 0.229 e. The van der Waals surface area contributed by atoms with Crippen LogP contribution in [0.2, 0.25) is 0 Å². The van der Waals surface area contributed by atoms with Crippen LogP contribution in [-0.4, -0.2) is 76.0 Å². The molecule has 0 saturated carbocycles. The number of aromatic nitrogens is 5. The van der Waals surface area contributed by atoms with Crippen LogP contribution in [0.25, 0.3) is 22.4 Å². The number of nitrogens with one attached hydrogen (secondary N) is 2. The van der Waals surface area contributed by atoms with E-state index in [1.807, 2.05) is 36.2 Å². The summed E-state index contributed by atoms with van der Waals surface area (Å²) in [6.45, 7) is 5.57. The van der Waals surface area contributed by atoms with Gasteiger partial charge in [-0.25, -0.2) is 15.0 Å². The fraction of sp³-hybridized carbons (Fsp3) is 0.333. The fourth-order valence-corrected chi connectivity index (χ4v) is 4.05. The van der Waals surface area contributed by atoms with Crippen molar-refractivity contribution in [3.63, 3.8) is 0 Å². The van der Waals surface area contributed by atoms with E-state index >= 15 is 0 Å². The molecule has 0 radical (unpaired) electrons. The Morgan fingerprint density at radius 2 is 1.91 bits per heavy atom. The molecule has 10 nitrogen and oxygen atoms in total. The van der Waals surface area contributed by atoms with Gasteiger partial charge in [0.05, 0.1) is 25.6 Å². The molecule has 5 rings (SSSR count). The van der Waals surface area contributed by atoms with Gasteiger partial charge in [-0.3, -0.25) is 0 Å². The van der Waals surface area contributed by atoms with Crippen molar-refractivity contribution in [3.05, 3.63) is 48.9 Å². The van der Waals surface area contributed by atoms with Crippen molar-refractivity contribution < 1.29 is 9.84 Å². The highest BCUT2D eigenvalue weighted by Crippen LogP contribution is 2.27. The van der Waals surface area contributed by atoms with Crippen molar-refractivity contribution in [2.75, 3.05) is 55.0 Å². The number of morpholine rings is 1. The van der Waals surface area contributed by atoms with Crippen molar-refractivity contribution >= 4 is 34.3 Å². The van der Waals surface area contributed by atoms with E-state index in [1.54, 1.807) is 19.4 Å². The number of benzene rings is 1. The maximum absolute atomic E-state index is 9.63. The van der Waals surface area contributed by atoms with Gasteiger partial charge in [0.2, 0.25) is 5.95 Å². The predicted molar refractivity (Wildman–Crippen MR) is 133 cm³/mol. The Labute approximate surface area is 197 Å². The number of nitrogens with zero attached hydrogens (tertiary/aromatic N) is 6. The molecule has 10 heteroatoms. The lowest BCUT2D eigenvalue weighted by Crippen LogP contribution is -2.36. The van der Waals surface area contributed by atoms with E-state index in [9.17, 15) is 5.11 Å². The van der Waals surface area contributed by atoms with Crippen molar-refractivity contribution in [2.45, 2.75) is 13.0 Å². The summed E-state index contributed by atoms with van der Waals surface area (Å²) in [5.74, 6) is 1.24. The van der Waals surface area contributed by atoms with Crippen LogP contribution in [0.4, 0.5) is 23.1 Å². The second kappa shape index (κ2) is 9.62. The van der Waals surface area contributed by atoms with Gasteiger partial charge in [-0.2, -0.15) is 4.98 Å². The van der Waals surface area contributed by atoms with Crippen LogP contribution >= 0.6 is 0 Å². The summed E-state index contributed by atoms with van der Waals surface area (Å²) in [4.78, 5) is 25.6. The summed E-state index contributed by atoms with van der Waals surface area (Å²) in [5, 5.41) is 12.9. The number of fused-ring (bicyclic) bond motifs is 1. The third kappa shape index (κ3) is 4.78. The Bertz CT molecular complexity index is 1230. The van der Waals surface area contributed by atoms with Crippen LogP contribution in [-0.2, 0) is 4.74 Å². The van der Waals surface area contributed by atoms with E-state index in [4.69, 9.17) is 9.72 Å². The summed E-state index contributed by atoms with van der Waals surface area (Å²) in [5.41, 5.74) is 4.95. The minimum Gasteiger partial charge on any atom is -0.392 e. The van der Waals surface area contributed by atoms with Gasteiger partial charge in [-0.05, 0) is 43.3 Å². The molecule has 0 spiro atoms. The molecule has 1 unspecified atom stereocenters. The number of aromatic amines is 1. The van der Waals surface area contributed by atoms with Gasteiger partial charge in [0.1, 0.15) is 17.0 Å². The average molecular weight is 461 g/mol. The van der Waals surface area contributed by atoms with Crippen molar-refractivity contribution in [2.24, 2.45) is 0 Å². The lowest BCUT2D eigenvalue weighted by molar-refractivity contribution is 0.122. The van der Waals surface area contributed by atoms with Gasteiger partial charge < -0.3 is 29.9 Å². The van der Waals surface area contributed by atoms with Crippen LogP contribution < -0.4 is 15.1 Å². The molecule has 1 atom stereocenters. The molecule has 3 aromatic heterocycles. The molecule has 4 heterocycles. The van der Waals surface area contributed by atoms with E-state index in [-0.39, 0.29) is 0 Å². The zero-order valence-corrected chi connectivity index (χ0v) is 19.3. The summed E-state index contributed by atoms with van der Waals surface area (Å²) in [6.07, 6.45) is 2.95. The smallest absolute Gasteiger partial charge is 0.229 e. The Balaban J connectivity index is 1.39. The number of hydrogen-bond donors (Lipinski definition) is 3. The number of likely N-dealkylation sites (N-methyl/N-ethyl adjacent to an activating group) is 1. The van der Waals surface area contributed by atoms with E-state index in [2.05, 4.69) is 42.3 Å². The van der Waals surface area contributed by atoms with Gasteiger partial charge in [0.25, 0.3) is 0 Å². The molecule has 1 fully saturated rings. The third-order valence-electron chi connectivity index (χ3n) is 5.74. The molecular weight excluding hydrogens is 432 g/mol.